The lowest BCUT2D eigenvalue weighted by atomic mass is 10.0. The van der Waals surface area contributed by atoms with E-state index in [2.05, 4.69) is 11.1 Å². The van der Waals surface area contributed by atoms with E-state index in [1.807, 2.05) is 13.8 Å². The fourth-order valence-corrected chi connectivity index (χ4v) is 1.99. The number of amides is 1. The van der Waals surface area contributed by atoms with Gasteiger partial charge in [0.25, 0.3) is 0 Å². The summed E-state index contributed by atoms with van der Waals surface area (Å²) in [4.78, 5) is 12.4. The van der Waals surface area contributed by atoms with Crippen molar-refractivity contribution in [1.82, 2.24) is 10.2 Å². The second kappa shape index (κ2) is 11.4. The minimum atomic E-state index is -0.213. The molecule has 5 heteroatoms. The number of hydrogen-bond donors (Lipinski definition) is 2. The predicted molar refractivity (Wildman–Crippen MR) is 81.0 cm³/mol. The lowest BCUT2D eigenvalue weighted by Gasteiger charge is -2.31. The Balaban J connectivity index is 0.000000829. The number of rotatable bonds is 3. The highest BCUT2D eigenvalue weighted by Crippen LogP contribution is 2.08. The Morgan fingerprint density at radius 3 is 2.50 bits per heavy atom. The molecule has 1 aromatic carbocycles. The number of piperazine rings is 1. The van der Waals surface area contributed by atoms with Crippen LogP contribution in [0.5, 0.6) is 0 Å². The largest absolute Gasteiger partial charge is 0.342 e. The van der Waals surface area contributed by atoms with Gasteiger partial charge < -0.3 is 16.0 Å². The van der Waals surface area contributed by atoms with Crippen LogP contribution in [0.1, 0.15) is 19.4 Å². The van der Waals surface area contributed by atoms with Crippen molar-refractivity contribution in [1.29, 1.82) is 0 Å². The molecule has 1 aliphatic heterocycles. The minimum absolute atomic E-state index is 0.213. The number of nitrogens with zero attached hydrogens (tertiary/aromatic N) is 1. The van der Waals surface area contributed by atoms with E-state index >= 15 is 0 Å². The highest BCUT2D eigenvalue weighted by atomic mass is 19.1. The molecule has 0 radical (unpaired) electrons. The van der Waals surface area contributed by atoms with E-state index in [1.54, 1.807) is 17.0 Å². The molecule has 1 aliphatic rings. The van der Waals surface area contributed by atoms with Crippen molar-refractivity contribution in [3.05, 3.63) is 35.6 Å². The lowest BCUT2D eigenvalue weighted by Crippen LogP contribution is -2.50. The molecular formula is C15H26FN3O. The van der Waals surface area contributed by atoms with Gasteiger partial charge in [-0.05, 0) is 31.2 Å². The first-order chi connectivity index (χ1) is 9.78. The smallest absolute Gasteiger partial charge is 0.209 e. The van der Waals surface area contributed by atoms with Gasteiger partial charge in [0.2, 0.25) is 6.41 Å². The zero-order valence-electron chi connectivity index (χ0n) is 12.6. The van der Waals surface area contributed by atoms with Gasteiger partial charge in [0.1, 0.15) is 5.82 Å². The summed E-state index contributed by atoms with van der Waals surface area (Å²) in [6.45, 7) is 6.31. The van der Waals surface area contributed by atoms with Crippen LogP contribution < -0.4 is 11.1 Å². The van der Waals surface area contributed by atoms with Crippen molar-refractivity contribution in [3.63, 3.8) is 0 Å². The predicted octanol–water partition coefficient (Wildman–Crippen LogP) is 1.40. The molecule has 1 fully saturated rings. The standard InChI is InChI=1S/C12H15FN2O.C2H6.CH5N/c13-11-3-1-10(2-4-11)7-12-8-15(9-16)6-5-14-12;2*1-2/h1-4,9,12,14H,5-8H2;1-2H3;2H2,1H3. The van der Waals surface area contributed by atoms with E-state index in [9.17, 15) is 9.18 Å². The van der Waals surface area contributed by atoms with E-state index in [0.717, 1.165) is 38.0 Å². The molecular weight excluding hydrogens is 257 g/mol. The van der Waals surface area contributed by atoms with Gasteiger partial charge in [-0.25, -0.2) is 4.39 Å². The highest BCUT2D eigenvalue weighted by molar-refractivity contribution is 5.47. The Kier molecular flexibility index (Phi) is 10.5. The summed E-state index contributed by atoms with van der Waals surface area (Å²) in [6, 6.07) is 6.78. The Morgan fingerprint density at radius 1 is 1.35 bits per heavy atom. The third-order valence-electron chi connectivity index (χ3n) is 2.83. The van der Waals surface area contributed by atoms with Crippen molar-refractivity contribution in [2.75, 3.05) is 26.7 Å². The van der Waals surface area contributed by atoms with E-state index < -0.39 is 0 Å². The third kappa shape index (κ3) is 6.63. The van der Waals surface area contributed by atoms with E-state index in [0.29, 0.717) is 0 Å². The van der Waals surface area contributed by atoms with Crippen LogP contribution in [0.3, 0.4) is 0 Å². The molecule has 0 saturated carbocycles. The molecule has 4 nitrogen and oxygen atoms in total. The molecule has 114 valence electrons. The summed E-state index contributed by atoms with van der Waals surface area (Å²) in [7, 11) is 1.50. The van der Waals surface area contributed by atoms with Gasteiger partial charge in [0.05, 0.1) is 0 Å². The highest BCUT2D eigenvalue weighted by Gasteiger charge is 2.17. The van der Waals surface area contributed by atoms with E-state index in [1.165, 1.54) is 19.2 Å². The van der Waals surface area contributed by atoms with Crippen LogP contribution in [-0.4, -0.2) is 44.0 Å². The molecule has 1 amide bonds. The monoisotopic (exact) mass is 283 g/mol. The molecule has 0 bridgehead atoms. The molecule has 0 spiro atoms. The maximum Gasteiger partial charge on any atom is 0.209 e. The number of carbonyl (C=O) groups excluding carboxylic acids is 1. The maximum atomic E-state index is 12.7. The van der Waals surface area contributed by atoms with Crippen LogP contribution in [0.15, 0.2) is 24.3 Å². The fourth-order valence-electron chi connectivity index (χ4n) is 1.99. The van der Waals surface area contributed by atoms with Gasteiger partial charge in [-0.3, -0.25) is 4.79 Å². The summed E-state index contributed by atoms with van der Waals surface area (Å²) in [5.74, 6) is -0.213. The quantitative estimate of drug-likeness (QED) is 0.824. The average molecular weight is 283 g/mol. The van der Waals surface area contributed by atoms with Gasteiger partial charge in [-0.1, -0.05) is 26.0 Å². The molecule has 2 rings (SSSR count). The summed E-state index contributed by atoms with van der Waals surface area (Å²) in [6.07, 6.45) is 1.71. The molecule has 0 aliphatic carbocycles. The Labute approximate surface area is 121 Å². The normalized spacial score (nSPS) is 17.2. The number of halogens is 1. The molecule has 1 unspecified atom stereocenters. The topological polar surface area (TPSA) is 58.4 Å². The van der Waals surface area contributed by atoms with Crippen molar-refractivity contribution in [2.45, 2.75) is 26.3 Å². The Hall–Kier alpha value is -1.46. The molecule has 1 saturated heterocycles. The maximum absolute atomic E-state index is 12.7. The van der Waals surface area contributed by atoms with Crippen molar-refractivity contribution >= 4 is 6.41 Å². The SMILES string of the molecule is CC.CN.O=CN1CCNC(Cc2ccc(F)cc2)C1. The van der Waals surface area contributed by atoms with Gasteiger partial charge in [0, 0.05) is 25.7 Å². The summed E-state index contributed by atoms with van der Waals surface area (Å²) in [5, 5.41) is 3.35. The zero-order valence-corrected chi connectivity index (χ0v) is 12.6. The van der Waals surface area contributed by atoms with E-state index in [4.69, 9.17) is 0 Å². The first-order valence-electron chi connectivity index (χ1n) is 7.03. The van der Waals surface area contributed by atoms with Crippen LogP contribution >= 0.6 is 0 Å². The Morgan fingerprint density at radius 2 is 1.95 bits per heavy atom. The number of nitrogens with one attached hydrogen (secondary N) is 1. The fraction of sp³-hybridized carbons (Fsp3) is 0.533. The first kappa shape index (κ1) is 18.5. The van der Waals surface area contributed by atoms with Crippen molar-refractivity contribution < 1.29 is 9.18 Å². The molecule has 0 aromatic heterocycles. The van der Waals surface area contributed by atoms with Crippen LogP contribution in [-0.2, 0) is 11.2 Å². The third-order valence-corrected chi connectivity index (χ3v) is 2.83. The average Bonchev–Trinajstić information content (AvgIpc) is 2.54. The van der Waals surface area contributed by atoms with Gasteiger partial charge in [-0.2, -0.15) is 0 Å². The molecule has 20 heavy (non-hydrogen) atoms. The van der Waals surface area contributed by atoms with Crippen LogP contribution in [0.25, 0.3) is 0 Å². The number of hydrogen-bond acceptors (Lipinski definition) is 3. The van der Waals surface area contributed by atoms with Gasteiger partial charge in [0.15, 0.2) is 0 Å². The number of benzene rings is 1. The number of carbonyl (C=O) groups is 1. The summed E-state index contributed by atoms with van der Waals surface area (Å²) < 4.78 is 12.7. The summed E-state index contributed by atoms with van der Waals surface area (Å²) >= 11 is 0. The zero-order chi connectivity index (χ0) is 15.4. The Bertz CT molecular complexity index is 357. The second-order valence-corrected chi connectivity index (χ2v) is 4.08. The minimum Gasteiger partial charge on any atom is -0.342 e. The molecule has 1 aromatic rings. The second-order valence-electron chi connectivity index (χ2n) is 4.08. The lowest BCUT2D eigenvalue weighted by molar-refractivity contribution is -0.119. The first-order valence-corrected chi connectivity index (χ1v) is 7.03. The summed E-state index contributed by atoms with van der Waals surface area (Å²) in [5.41, 5.74) is 5.59. The van der Waals surface area contributed by atoms with Gasteiger partial charge in [-0.15, -0.1) is 0 Å². The van der Waals surface area contributed by atoms with Crippen molar-refractivity contribution in [3.8, 4) is 0 Å². The molecule has 3 N–H and O–H groups in total. The molecule has 1 heterocycles. The van der Waals surface area contributed by atoms with Crippen LogP contribution in [0.4, 0.5) is 4.39 Å². The number of nitrogens with two attached hydrogens (primary N) is 1. The molecule has 1 atom stereocenters. The van der Waals surface area contributed by atoms with Crippen LogP contribution in [0, 0.1) is 5.82 Å². The van der Waals surface area contributed by atoms with Crippen LogP contribution in [0.2, 0.25) is 0 Å². The van der Waals surface area contributed by atoms with Gasteiger partial charge >= 0.3 is 0 Å². The van der Waals surface area contributed by atoms with E-state index in [-0.39, 0.29) is 11.9 Å². The van der Waals surface area contributed by atoms with Crippen molar-refractivity contribution in [2.24, 2.45) is 5.73 Å².